The molecule has 2 bridgehead atoms. The molecule has 0 saturated carbocycles. The average molecular weight is 712 g/mol. The quantitative estimate of drug-likeness (QED) is 0.171. The number of carbonyl (C=O) groups is 3. The van der Waals surface area contributed by atoms with Crippen molar-refractivity contribution in [2.24, 2.45) is 0 Å². The lowest BCUT2D eigenvalue weighted by Crippen LogP contribution is -2.34. The molecule has 14 nitrogen and oxygen atoms in total. The van der Waals surface area contributed by atoms with Crippen LogP contribution in [0.2, 0.25) is 5.02 Å². The molecule has 5 rings (SSSR count). The van der Waals surface area contributed by atoms with Crippen molar-refractivity contribution in [1.29, 1.82) is 5.26 Å². The van der Waals surface area contributed by atoms with Crippen molar-refractivity contribution in [3.8, 4) is 23.0 Å². The largest absolute Gasteiger partial charge is 0.469 e. The summed E-state index contributed by atoms with van der Waals surface area (Å²) in [4.78, 5) is 45.8. The number of aromatic nitrogens is 6. The second kappa shape index (κ2) is 15.6. The van der Waals surface area contributed by atoms with Crippen molar-refractivity contribution >= 4 is 41.2 Å². The molecule has 3 N–H and O–H groups in total. The monoisotopic (exact) mass is 711 g/mol. The van der Waals surface area contributed by atoms with E-state index < -0.39 is 42.7 Å². The Balaban J connectivity index is 1.47. The fourth-order valence-corrected chi connectivity index (χ4v) is 5.48. The number of aromatic amines is 1. The molecule has 0 saturated heterocycles. The highest BCUT2D eigenvalue weighted by atomic mass is 35.5. The second-order valence-electron chi connectivity index (χ2n) is 11.1. The molecule has 0 unspecified atom stereocenters. The SMILES string of the molecule is COC(=O)Cc1ccc2c(c1)N[C@@H](C(=O)OCC(F)(F)F)CCCC[C@H](NC(=O)/C=C/c1cc(Cl)ccc1-n1cnnn1)c1nc(C#N)c-2[nH]1. The van der Waals surface area contributed by atoms with Crippen LogP contribution >= 0.6 is 11.6 Å². The van der Waals surface area contributed by atoms with Gasteiger partial charge >= 0.3 is 18.1 Å². The van der Waals surface area contributed by atoms with Crippen LogP contribution in [0.3, 0.4) is 0 Å². The molecule has 0 fully saturated rings. The van der Waals surface area contributed by atoms with Crippen LogP contribution in [-0.4, -0.2) is 74.0 Å². The van der Waals surface area contributed by atoms with Gasteiger partial charge in [0.25, 0.3) is 0 Å². The minimum Gasteiger partial charge on any atom is -0.469 e. The van der Waals surface area contributed by atoms with Crippen LogP contribution in [0, 0.1) is 11.3 Å². The van der Waals surface area contributed by atoms with Gasteiger partial charge in [0.2, 0.25) is 5.91 Å². The summed E-state index contributed by atoms with van der Waals surface area (Å²) < 4.78 is 49.5. The van der Waals surface area contributed by atoms with Crippen molar-refractivity contribution in [1.82, 2.24) is 35.5 Å². The number of rotatable bonds is 8. The van der Waals surface area contributed by atoms with Crippen molar-refractivity contribution in [2.75, 3.05) is 19.0 Å². The number of hydrogen-bond acceptors (Lipinski definition) is 11. The lowest BCUT2D eigenvalue weighted by Gasteiger charge is -2.23. The van der Waals surface area contributed by atoms with Gasteiger partial charge in [-0.25, -0.2) is 9.78 Å². The zero-order valence-corrected chi connectivity index (χ0v) is 27.1. The summed E-state index contributed by atoms with van der Waals surface area (Å²) in [5.41, 5.74) is 2.33. The fourth-order valence-electron chi connectivity index (χ4n) is 5.30. The van der Waals surface area contributed by atoms with E-state index >= 15 is 0 Å². The summed E-state index contributed by atoms with van der Waals surface area (Å²) in [5, 5.41) is 27.5. The van der Waals surface area contributed by atoms with E-state index in [1.807, 2.05) is 6.07 Å². The third kappa shape index (κ3) is 9.02. The molecule has 18 heteroatoms. The molecule has 0 spiro atoms. The minimum absolute atomic E-state index is 0.0426. The van der Waals surface area contributed by atoms with Gasteiger partial charge in [-0.15, -0.1) is 5.10 Å². The predicted octanol–water partition coefficient (Wildman–Crippen LogP) is 4.62. The van der Waals surface area contributed by atoms with Crippen molar-refractivity contribution in [3.05, 3.63) is 76.5 Å². The molecule has 0 radical (unpaired) electrons. The van der Waals surface area contributed by atoms with Gasteiger partial charge in [0.1, 0.15) is 24.3 Å². The van der Waals surface area contributed by atoms with E-state index in [0.717, 1.165) is 0 Å². The van der Waals surface area contributed by atoms with Crippen molar-refractivity contribution in [2.45, 2.75) is 50.4 Å². The zero-order valence-electron chi connectivity index (χ0n) is 26.3. The van der Waals surface area contributed by atoms with E-state index in [-0.39, 0.29) is 35.7 Å². The first kappa shape index (κ1) is 35.5. The van der Waals surface area contributed by atoms with Crippen LogP contribution in [0.25, 0.3) is 23.0 Å². The van der Waals surface area contributed by atoms with Crippen LogP contribution in [0.5, 0.6) is 0 Å². The van der Waals surface area contributed by atoms with Crippen LogP contribution in [0.4, 0.5) is 18.9 Å². The number of hydrogen-bond donors (Lipinski definition) is 3. The second-order valence-corrected chi connectivity index (χ2v) is 11.6. The highest BCUT2D eigenvalue weighted by Gasteiger charge is 2.32. The first-order valence-corrected chi connectivity index (χ1v) is 15.5. The number of carbonyl (C=O) groups excluding carboxylic acids is 3. The Labute approximate surface area is 287 Å². The molecular formula is C32H29ClF3N9O5. The number of nitrogens with zero attached hydrogens (tertiary/aromatic N) is 6. The zero-order chi connectivity index (χ0) is 35.8. The Morgan fingerprint density at radius 1 is 1.18 bits per heavy atom. The van der Waals surface area contributed by atoms with Gasteiger partial charge in [-0.3, -0.25) is 9.59 Å². The molecule has 4 aromatic rings. The van der Waals surface area contributed by atoms with Gasteiger partial charge in [0.15, 0.2) is 12.3 Å². The number of H-pyrrole nitrogens is 1. The number of nitrogens with one attached hydrogen (secondary N) is 3. The molecule has 1 aliphatic heterocycles. The van der Waals surface area contributed by atoms with E-state index in [0.29, 0.717) is 46.7 Å². The summed E-state index contributed by atoms with van der Waals surface area (Å²) in [5.74, 6) is -1.91. The van der Waals surface area contributed by atoms with Crippen molar-refractivity contribution < 1.29 is 37.0 Å². The standard InChI is InChI=1S/C32H29ClF3N9O5/c1-49-28(47)13-18-6-9-21-24(12-18)39-23(31(48)50-16-32(34,35)36)5-3-2-4-22(30-41-25(15-37)29(21)42-30)40-27(46)11-7-19-14-20(33)8-10-26(19)45-17-38-43-44-45/h6-12,14,17,22-23,39H,2-5,13,16H2,1H3,(H,40,46)(H,41,42)/b11-7+/t22-,23+/m0/s1. The molecule has 50 heavy (non-hydrogen) atoms. The van der Waals surface area contributed by atoms with Crippen LogP contribution < -0.4 is 10.6 Å². The van der Waals surface area contributed by atoms with Gasteiger partial charge in [0, 0.05) is 27.9 Å². The summed E-state index contributed by atoms with van der Waals surface area (Å²) in [6.45, 7) is -1.77. The summed E-state index contributed by atoms with van der Waals surface area (Å²) in [6, 6.07) is 9.75. The highest BCUT2D eigenvalue weighted by Crippen LogP contribution is 2.34. The van der Waals surface area contributed by atoms with Crippen LogP contribution in [-0.2, 0) is 30.3 Å². The number of alkyl halides is 3. The molecule has 3 heterocycles. The number of benzene rings is 2. The normalized spacial score (nSPS) is 16.2. The Kier molecular flexibility index (Phi) is 11.1. The van der Waals surface area contributed by atoms with Gasteiger partial charge in [0.05, 0.1) is 31.0 Å². The predicted molar refractivity (Wildman–Crippen MR) is 171 cm³/mol. The van der Waals surface area contributed by atoms with Gasteiger partial charge in [-0.2, -0.15) is 23.1 Å². The summed E-state index contributed by atoms with van der Waals surface area (Å²) in [7, 11) is 1.22. The van der Waals surface area contributed by atoms with Crippen LogP contribution in [0.1, 0.15) is 54.4 Å². The number of esters is 2. The Hall–Kier alpha value is -5.76. The number of imidazole rings is 1. The fraction of sp³-hybridized carbons (Fsp3) is 0.312. The first-order chi connectivity index (χ1) is 23.9. The number of ether oxygens (including phenoxy) is 2. The number of amides is 1. The smallest absolute Gasteiger partial charge is 0.422 e. The van der Waals surface area contributed by atoms with Gasteiger partial charge in [-0.05, 0) is 59.2 Å². The first-order valence-electron chi connectivity index (χ1n) is 15.2. The molecule has 2 aromatic carbocycles. The topological polar surface area (TPSA) is 190 Å². The van der Waals surface area contributed by atoms with Crippen LogP contribution in [0.15, 0.2) is 48.8 Å². The summed E-state index contributed by atoms with van der Waals surface area (Å²) >= 11 is 6.19. The number of methoxy groups -OCH3 is 1. The number of nitriles is 1. The van der Waals surface area contributed by atoms with Gasteiger partial charge < -0.3 is 25.1 Å². The van der Waals surface area contributed by atoms with E-state index in [1.54, 1.807) is 30.3 Å². The Bertz CT molecular complexity index is 1940. The molecule has 260 valence electrons. The molecule has 1 aliphatic rings. The number of halogens is 4. The molecule has 2 atom stereocenters. The highest BCUT2D eigenvalue weighted by molar-refractivity contribution is 6.30. The average Bonchev–Trinajstić information content (AvgIpc) is 3.77. The maximum atomic E-state index is 13.3. The summed E-state index contributed by atoms with van der Waals surface area (Å²) in [6.07, 6.45) is 0.424. The maximum absolute atomic E-state index is 13.3. The maximum Gasteiger partial charge on any atom is 0.422 e. The number of anilines is 1. The molecule has 0 aliphatic carbocycles. The molecule has 1 amide bonds. The van der Waals surface area contributed by atoms with E-state index in [4.69, 9.17) is 16.3 Å². The lowest BCUT2D eigenvalue weighted by molar-refractivity contribution is -0.186. The minimum atomic E-state index is -4.73. The van der Waals surface area contributed by atoms with Crippen molar-refractivity contribution in [3.63, 3.8) is 0 Å². The third-order valence-electron chi connectivity index (χ3n) is 7.63. The van der Waals surface area contributed by atoms with E-state index in [1.165, 1.54) is 36.3 Å². The Morgan fingerprint density at radius 2 is 1.98 bits per heavy atom. The lowest BCUT2D eigenvalue weighted by atomic mass is 10.00. The number of fused-ring (bicyclic) bond motifs is 4. The molecular weight excluding hydrogens is 683 g/mol. The number of tetrazole rings is 1. The molecule has 2 aromatic heterocycles. The van der Waals surface area contributed by atoms with E-state index in [9.17, 15) is 32.8 Å². The Morgan fingerprint density at radius 3 is 2.70 bits per heavy atom. The van der Waals surface area contributed by atoms with Gasteiger partial charge in [-0.1, -0.05) is 36.6 Å². The van der Waals surface area contributed by atoms with E-state index in [2.05, 4.69) is 40.9 Å². The third-order valence-corrected chi connectivity index (χ3v) is 7.87.